The van der Waals surface area contributed by atoms with Gasteiger partial charge in [-0.2, -0.15) is 0 Å². The molecule has 2 aliphatic rings. The van der Waals surface area contributed by atoms with E-state index in [4.69, 9.17) is 4.74 Å². The smallest absolute Gasteiger partial charge is 0.407 e. The lowest BCUT2D eigenvalue weighted by molar-refractivity contribution is -0.144. The van der Waals surface area contributed by atoms with Gasteiger partial charge in [-0.25, -0.2) is 4.79 Å². The van der Waals surface area contributed by atoms with Crippen molar-refractivity contribution in [3.05, 3.63) is 59.7 Å². The third kappa shape index (κ3) is 5.84. The zero-order chi connectivity index (χ0) is 25.0. The molecule has 7 nitrogen and oxygen atoms in total. The Kier molecular flexibility index (Phi) is 7.43. The van der Waals surface area contributed by atoms with Crippen molar-refractivity contribution >= 4 is 18.0 Å². The fourth-order valence-corrected chi connectivity index (χ4v) is 5.01. The Hall–Kier alpha value is -3.35. The molecule has 1 unspecified atom stereocenters. The summed E-state index contributed by atoms with van der Waals surface area (Å²) in [5, 5.41) is 15.0. The quantitative estimate of drug-likeness (QED) is 0.459. The van der Waals surface area contributed by atoms with Gasteiger partial charge in [0, 0.05) is 24.4 Å². The molecule has 0 spiro atoms. The number of rotatable bonds is 10. The van der Waals surface area contributed by atoms with Gasteiger partial charge in [0.2, 0.25) is 5.91 Å². The van der Waals surface area contributed by atoms with E-state index in [1.54, 1.807) is 0 Å². The Labute approximate surface area is 206 Å². The second-order valence-electron chi connectivity index (χ2n) is 10.3. The molecule has 7 heteroatoms. The SMILES string of the molecule is CC(C)(CCC(=O)NCC(C(=O)O)C1CCC1)NC(=O)OCC1c2ccccc2-c2ccccc21. The minimum absolute atomic E-state index is 0.0140. The first-order valence-electron chi connectivity index (χ1n) is 12.4. The lowest BCUT2D eigenvalue weighted by Gasteiger charge is -2.31. The molecule has 1 atom stereocenters. The lowest BCUT2D eigenvalue weighted by atomic mass is 9.76. The van der Waals surface area contributed by atoms with Crippen LogP contribution in [0.25, 0.3) is 11.1 Å². The summed E-state index contributed by atoms with van der Waals surface area (Å²) in [7, 11) is 0. The molecule has 0 radical (unpaired) electrons. The summed E-state index contributed by atoms with van der Waals surface area (Å²) in [5.74, 6) is -1.45. The monoisotopic (exact) mass is 478 g/mol. The highest BCUT2D eigenvalue weighted by Gasteiger charge is 2.33. The van der Waals surface area contributed by atoms with E-state index in [1.807, 2.05) is 38.1 Å². The van der Waals surface area contributed by atoms with Gasteiger partial charge in [0.1, 0.15) is 6.61 Å². The number of carbonyl (C=O) groups excluding carboxylic acids is 2. The van der Waals surface area contributed by atoms with Crippen molar-refractivity contribution in [2.24, 2.45) is 11.8 Å². The van der Waals surface area contributed by atoms with Crippen LogP contribution in [0.15, 0.2) is 48.5 Å². The Bertz CT molecular complexity index is 1050. The van der Waals surface area contributed by atoms with Crippen LogP contribution in [-0.4, -0.2) is 41.8 Å². The standard InChI is InChI=1S/C28H34N2O5/c1-28(2,15-14-25(31)29-16-23(26(32)33)18-8-7-9-18)30-27(34)35-17-24-21-12-5-3-10-19(21)20-11-4-6-13-22(20)24/h3-6,10-13,18,23-24H,7-9,14-17H2,1-2H3,(H,29,31)(H,30,34)(H,32,33). The number of alkyl carbamates (subject to hydrolysis) is 1. The highest BCUT2D eigenvalue weighted by atomic mass is 16.5. The van der Waals surface area contributed by atoms with Crippen LogP contribution >= 0.6 is 0 Å². The minimum atomic E-state index is -0.854. The summed E-state index contributed by atoms with van der Waals surface area (Å²) in [6, 6.07) is 16.3. The van der Waals surface area contributed by atoms with E-state index in [2.05, 4.69) is 34.9 Å². The van der Waals surface area contributed by atoms with E-state index in [-0.39, 0.29) is 37.3 Å². The van der Waals surface area contributed by atoms with E-state index in [9.17, 15) is 19.5 Å². The number of ether oxygens (including phenoxy) is 1. The van der Waals surface area contributed by atoms with Crippen LogP contribution in [-0.2, 0) is 14.3 Å². The molecule has 3 N–H and O–H groups in total. The molecule has 4 rings (SSSR count). The molecule has 35 heavy (non-hydrogen) atoms. The molecule has 2 amide bonds. The number of carboxylic acids is 1. The molecule has 2 aliphatic carbocycles. The van der Waals surface area contributed by atoms with Crippen LogP contribution < -0.4 is 10.6 Å². The molecule has 2 aromatic carbocycles. The summed E-state index contributed by atoms with van der Waals surface area (Å²) in [4.78, 5) is 36.4. The maximum Gasteiger partial charge on any atom is 0.407 e. The van der Waals surface area contributed by atoms with Gasteiger partial charge in [0.15, 0.2) is 0 Å². The third-order valence-corrected chi connectivity index (χ3v) is 7.32. The third-order valence-electron chi connectivity index (χ3n) is 7.32. The summed E-state index contributed by atoms with van der Waals surface area (Å²) in [6.45, 7) is 4.07. The first-order chi connectivity index (χ1) is 16.7. The highest BCUT2D eigenvalue weighted by molar-refractivity contribution is 5.79. The van der Waals surface area contributed by atoms with Gasteiger partial charge in [0.25, 0.3) is 0 Å². The fraction of sp³-hybridized carbons (Fsp3) is 0.464. The first-order valence-corrected chi connectivity index (χ1v) is 12.4. The van der Waals surface area contributed by atoms with Crippen molar-refractivity contribution in [3.63, 3.8) is 0 Å². The molecule has 0 heterocycles. The van der Waals surface area contributed by atoms with Crippen molar-refractivity contribution in [3.8, 4) is 11.1 Å². The van der Waals surface area contributed by atoms with Gasteiger partial charge in [0.05, 0.1) is 5.92 Å². The van der Waals surface area contributed by atoms with E-state index >= 15 is 0 Å². The van der Waals surface area contributed by atoms with Crippen LogP contribution in [0.1, 0.15) is 63.0 Å². The summed E-state index contributed by atoms with van der Waals surface area (Å²) < 4.78 is 5.62. The average Bonchev–Trinajstić information content (AvgIpc) is 3.11. The normalized spacial score (nSPS) is 15.9. The van der Waals surface area contributed by atoms with Crippen molar-refractivity contribution in [1.82, 2.24) is 10.6 Å². The van der Waals surface area contributed by atoms with Gasteiger partial charge >= 0.3 is 12.1 Å². The summed E-state index contributed by atoms with van der Waals surface area (Å²) in [6.07, 6.45) is 2.94. The fourth-order valence-electron chi connectivity index (χ4n) is 5.01. The maximum absolute atomic E-state index is 12.6. The van der Waals surface area contributed by atoms with Crippen LogP contribution in [0.4, 0.5) is 4.79 Å². The molecular weight excluding hydrogens is 444 g/mol. The van der Waals surface area contributed by atoms with Gasteiger partial charge in [-0.15, -0.1) is 0 Å². The zero-order valence-corrected chi connectivity index (χ0v) is 20.4. The second-order valence-corrected chi connectivity index (χ2v) is 10.3. The summed E-state index contributed by atoms with van der Waals surface area (Å²) in [5.41, 5.74) is 4.00. The van der Waals surface area contributed by atoms with Gasteiger partial charge in [-0.3, -0.25) is 9.59 Å². The Balaban J connectivity index is 1.24. The minimum Gasteiger partial charge on any atom is -0.481 e. The number of hydrogen-bond donors (Lipinski definition) is 3. The van der Waals surface area contributed by atoms with Crippen LogP contribution in [0.2, 0.25) is 0 Å². The Morgan fingerprint density at radius 3 is 2.17 bits per heavy atom. The first kappa shape index (κ1) is 24.8. The molecule has 0 aliphatic heterocycles. The zero-order valence-electron chi connectivity index (χ0n) is 20.4. The van der Waals surface area contributed by atoms with Crippen LogP contribution in [0.5, 0.6) is 0 Å². The molecule has 186 valence electrons. The van der Waals surface area contributed by atoms with Crippen LogP contribution in [0, 0.1) is 11.8 Å². The molecule has 2 aromatic rings. The molecular formula is C28H34N2O5. The molecule has 0 bridgehead atoms. The number of nitrogens with one attached hydrogen (secondary N) is 2. The number of hydrogen-bond acceptors (Lipinski definition) is 4. The number of amides is 2. The van der Waals surface area contributed by atoms with E-state index in [0.717, 1.165) is 30.4 Å². The number of aliphatic carboxylic acids is 1. The van der Waals surface area contributed by atoms with E-state index in [0.29, 0.717) is 6.42 Å². The van der Waals surface area contributed by atoms with E-state index < -0.39 is 23.5 Å². The number of benzene rings is 2. The highest BCUT2D eigenvalue weighted by Crippen LogP contribution is 2.44. The van der Waals surface area contributed by atoms with E-state index in [1.165, 1.54) is 11.1 Å². The molecule has 0 saturated heterocycles. The summed E-state index contributed by atoms with van der Waals surface area (Å²) >= 11 is 0. The second kappa shape index (κ2) is 10.5. The van der Waals surface area contributed by atoms with Crippen molar-refractivity contribution in [2.45, 2.75) is 57.4 Å². The predicted molar refractivity (Wildman–Crippen MR) is 133 cm³/mol. The average molecular weight is 479 g/mol. The maximum atomic E-state index is 12.6. The topological polar surface area (TPSA) is 105 Å². The number of fused-ring (bicyclic) bond motifs is 3. The number of carboxylic acid groups (broad SMARTS) is 1. The van der Waals surface area contributed by atoms with Crippen molar-refractivity contribution in [1.29, 1.82) is 0 Å². The molecule has 0 aromatic heterocycles. The van der Waals surface area contributed by atoms with Crippen molar-refractivity contribution in [2.75, 3.05) is 13.2 Å². The van der Waals surface area contributed by atoms with Crippen LogP contribution in [0.3, 0.4) is 0 Å². The predicted octanol–water partition coefficient (Wildman–Crippen LogP) is 4.70. The number of carbonyl (C=O) groups is 3. The Morgan fingerprint density at radius 1 is 1.03 bits per heavy atom. The molecule has 1 fully saturated rings. The van der Waals surface area contributed by atoms with Gasteiger partial charge in [-0.1, -0.05) is 55.0 Å². The van der Waals surface area contributed by atoms with Crippen molar-refractivity contribution < 1.29 is 24.2 Å². The lowest BCUT2D eigenvalue weighted by Crippen LogP contribution is -2.45. The van der Waals surface area contributed by atoms with Gasteiger partial charge < -0.3 is 20.5 Å². The molecule has 1 saturated carbocycles. The van der Waals surface area contributed by atoms with Gasteiger partial charge in [-0.05, 0) is 61.3 Å². The largest absolute Gasteiger partial charge is 0.481 e. The Morgan fingerprint density at radius 2 is 1.63 bits per heavy atom.